The average Bonchev–Trinajstić information content (AvgIpc) is 2.42. The smallest absolute Gasteiger partial charge is 0.416 e. The summed E-state index contributed by atoms with van der Waals surface area (Å²) in [7, 11) is 0. The maximum Gasteiger partial charge on any atom is 0.416 e. The third-order valence-corrected chi connectivity index (χ3v) is 4.45. The van der Waals surface area contributed by atoms with Crippen LogP contribution in [-0.4, -0.2) is 6.10 Å². The fourth-order valence-electron chi connectivity index (χ4n) is 2.81. The van der Waals surface area contributed by atoms with Crippen molar-refractivity contribution in [2.24, 2.45) is 17.6 Å². The molecule has 21 heavy (non-hydrogen) atoms. The zero-order valence-electron chi connectivity index (χ0n) is 12.4. The normalized spacial score (nSPS) is 26.7. The Hall–Kier alpha value is -1.23. The molecule has 5 heteroatoms. The van der Waals surface area contributed by atoms with E-state index in [-0.39, 0.29) is 12.6 Å². The molecule has 1 aromatic rings. The first-order valence-electron chi connectivity index (χ1n) is 7.38. The van der Waals surface area contributed by atoms with Crippen LogP contribution in [-0.2, 0) is 12.7 Å². The number of nitrogens with two attached hydrogens (primary N) is 1. The Morgan fingerprint density at radius 3 is 2.48 bits per heavy atom. The molecule has 0 amide bonds. The van der Waals surface area contributed by atoms with Gasteiger partial charge in [0.15, 0.2) is 0 Å². The fourth-order valence-corrected chi connectivity index (χ4v) is 2.81. The first kappa shape index (κ1) is 16.1. The van der Waals surface area contributed by atoms with Crippen LogP contribution < -0.4 is 10.5 Å². The number of hydrogen-bond acceptors (Lipinski definition) is 2. The van der Waals surface area contributed by atoms with Gasteiger partial charge in [-0.25, -0.2) is 0 Å². The van der Waals surface area contributed by atoms with Crippen molar-refractivity contribution in [3.8, 4) is 5.75 Å². The molecule has 1 fully saturated rings. The Balaban J connectivity index is 2.13. The van der Waals surface area contributed by atoms with Gasteiger partial charge in [-0.15, -0.1) is 0 Å². The van der Waals surface area contributed by atoms with E-state index in [1.807, 2.05) is 0 Å². The quantitative estimate of drug-likeness (QED) is 0.900. The molecule has 0 radical (unpaired) electrons. The summed E-state index contributed by atoms with van der Waals surface area (Å²) in [6.45, 7) is 4.46. The molecule has 3 unspecified atom stereocenters. The molecule has 0 aliphatic heterocycles. The summed E-state index contributed by atoms with van der Waals surface area (Å²) in [5.74, 6) is 1.73. The molecule has 2 nitrogen and oxygen atoms in total. The van der Waals surface area contributed by atoms with Gasteiger partial charge in [0.2, 0.25) is 0 Å². The largest absolute Gasteiger partial charge is 0.490 e. The van der Waals surface area contributed by atoms with Gasteiger partial charge in [-0.1, -0.05) is 13.8 Å². The Kier molecular flexibility index (Phi) is 4.81. The van der Waals surface area contributed by atoms with Gasteiger partial charge in [0, 0.05) is 12.1 Å². The lowest BCUT2D eigenvalue weighted by Crippen LogP contribution is -2.29. The van der Waals surface area contributed by atoms with E-state index in [2.05, 4.69) is 13.8 Å². The van der Waals surface area contributed by atoms with Crippen molar-refractivity contribution < 1.29 is 17.9 Å². The second kappa shape index (κ2) is 6.26. The minimum absolute atomic E-state index is 0.0396. The molecule has 0 spiro atoms. The van der Waals surface area contributed by atoms with E-state index < -0.39 is 11.7 Å². The molecule has 1 saturated carbocycles. The maximum absolute atomic E-state index is 12.7. The molecule has 1 aliphatic carbocycles. The van der Waals surface area contributed by atoms with Gasteiger partial charge < -0.3 is 10.5 Å². The van der Waals surface area contributed by atoms with Gasteiger partial charge in [-0.2, -0.15) is 13.2 Å². The first-order chi connectivity index (χ1) is 9.81. The number of hydrogen-bond donors (Lipinski definition) is 1. The summed E-state index contributed by atoms with van der Waals surface area (Å²) < 4.78 is 44.0. The average molecular weight is 301 g/mol. The lowest BCUT2D eigenvalue weighted by Gasteiger charge is -2.32. The molecule has 0 saturated heterocycles. The lowest BCUT2D eigenvalue weighted by molar-refractivity contribution is -0.137. The van der Waals surface area contributed by atoms with Crippen LogP contribution in [0.5, 0.6) is 5.75 Å². The van der Waals surface area contributed by atoms with Crippen LogP contribution in [0.1, 0.15) is 44.2 Å². The van der Waals surface area contributed by atoms with Crippen LogP contribution in [0.25, 0.3) is 0 Å². The van der Waals surface area contributed by atoms with Gasteiger partial charge in [-0.3, -0.25) is 0 Å². The number of halogens is 3. The van der Waals surface area contributed by atoms with Crippen molar-refractivity contribution in [3.63, 3.8) is 0 Å². The third kappa shape index (κ3) is 3.90. The van der Waals surface area contributed by atoms with E-state index >= 15 is 0 Å². The summed E-state index contributed by atoms with van der Waals surface area (Å²) in [4.78, 5) is 0. The van der Waals surface area contributed by atoms with Crippen molar-refractivity contribution in [2.75, 3.05) is 0 Å². The highest BCUT2D eigenvalue weighted by molar-refractivity contribution is 5.38. The fraction of sp³-hybridized carbons (Fsp3) is 0.625. The van der Waals surface area contributed by atoms with Crippen LogP contribution in [0.4, 0.5) is 13.2 Å². The van der Waals surface area contributed by atoms with Crippen molar-refractivity contribution in [1.82, 2.24) is 0 Å². The standard InChI is InChI=1S/C16H22F3NO/c1-10-3-5-14(7-11(10)2)21-15-6-4-13(16(17,18)19)8-12(15)9-20/h4,6,8,10-11,14H,3,5,7,9,20H2,1-2H3. The van der Waals surface area contributed by atoms with Crippen LogP contribution in [0.3, 0.4) is 0 Å². The molecule has 2 rings (SSSR count). The highest BCUT2D eigenvalue weighted by atomic mass is 19.4. The molecule has 0 bridgehead atoms. The van der Waals surface area contributed by atoms with Gasteiger partial charge >= 0.3 is 6.18 Å². The Bertz CT molecular complexity index is 487. The number of alkyl halides is 3. The summed E-state index contributed by atoms with van der Waals surface area (Å²) in [5, 5.41) is 0. The zero-order valence-corrected chi connectivity index (χ0v) is 12.4. The number of ether oxygens (including phenoxy) is 1. The molecular weight excluding hydrogens is 279 g/mol. The molecule has 118 valence electrons. The van der Waals surface area contributed by atoms with E-state index in [1.165, 1.54) is 6.07 Å². The van der Waals surface area contributed by atoms with Crippen LogP contribution in [0, 0.1) is 11.8 Å². The molecule has 0 heterocycles. The van der Waals surface area contributed by atoms with E-state index in [1.54, 1.807) is 0 Å². The SMILES string of the molecule is CC1CCC(Oc2ccc(C(F)(F)F)cc2CN)CC1C. The molecule has 1 aromatic carbocycles. The predicted octanol–water partition coefficient (Wildman–Crippen LogP) is 4.37. The van der Waals surface area contributed by atoms with Crippen LogP contribution in [0.15, 0.2) is 18.2 Å². The van der Waals surface area contributed by atoms with Gasteiger partial charge in [-0.05, 0) is 49.3 Å². The van der Waals surface area contributed by atoms with Gasteiger partial charge in [0.25, 0.3) is 0 Å². The summed E-state index contributed by atoms with van der Waals surface area (Å²) in [5.41, 5.74) is 5.30. The summed E-state index contributed by atoms with van der Waals surface area (Å²) >= 11 is 0. The van der Waals surface area contributed by atoms with Gasteiger partial charge in [0.05, 0.1) is 11.7 Å². The molecule has 3 atom stereocenters. The summed E-state index contributed by atoms with van der Waals surface area (Å²) in [6, 6.07) is 3.54. The topological polar surface area (TPSA) is 35.2 Å². The van der Waals surface area contributed by atoms with Crippen molar-refractivity contribution >= 4 is 0 Å². The monoisotopic (exact) mass is 301 g/mol. The first-order valence-corrected chi connectivity index (χ1v) is 7.38. The highest BCUT2D eigenvalue weighted by Crippen LogP contribution is 2.35. The van der Waals surface area contributed by atoms with Crippen molar-refractivity contribution in [1.29, 1.82) is 0 Å². The van der Waals surface area contributed by atoms with Gasteiger partial charge in [0.1, 0.15) is 5.75 Å². The number of rotatable bonds is 3. The highest BCUT2D eigenvalue weighted by Gasteiger charge is 2.31. The second-order valence-electron chi connectivity index (χ2n) is 6.03. The zero-order chi connectivity index (χ0) is 15.6. The minimum atomic E-state index is -4.35. The second-order valence-corrected chi connectivity index (χ2v) is 6.03. The van der Waals surface area contributed by atoms with E-state index in [0.29, 0.717) is 23.1 Å². The van der Waals surface area contributed by atoms with Crippen molar-refractivity contribution in [2.45, 2.75) is 51.9 Å². The Morgan fingerprint density at radius 2 is 1.90 bits per heavy atom. The Morgan fingerprint density at radius 1 is 1.19 bits per heavy atom. The van der Waals surface area contributed by atoms with E-state index in [4.69, 9.17) is 10.5 Å². The molecular formula is C16H22F3NO. The summed E-state index contributed by atoms with van der Waals surface area (Å²) in [6.07, 6.45) is -1.32. The van der Waals surface area contributed by atoms with Crippen LogP contribution >= 0.6 is 0 Å². The number of benzene rings is 1. The van der Waals surface area contributed by atoms with Crippen LogP contribution in [0.2, 0.25) is 0 Å². The maximum atomic E-state index is 12.7. The third-order valence-electron chi connectivity index (χ3n) is 4.45. The molecule has 0 aromatic heterocycles. The predicted molar refractivity (Wildman–Crippen MR) is 75.9 cm³/mol. The van der Waals surface area contributed by atoms with E-state index in [0.717, 1.165) is 31.4 Å². The lowest BCUT2D eigenvalue weighted by atomic mass is 9.80. The van der Waals surface area contributed by atoms with E-state index in [9.17, 15) is 13.2 Å². The van der Waals surface area contributed by atoms with Crippen molar-refractivity contribution in [3.05, 3.63) is 29.3 Å². The molecule has 2 N–H and O–H groups in total. The molecule has 1 aliphatic rings. The minimum Gasteiger partial charge on any atom is -0.490 e. The Labute approximate surface area is 123 Å².